The van der Waals surface area contributed by atoms with E-state index in [1.54, 1.807) is 0 Å². The van der Waals surface area contributed by atoms with E-state index in [1.165, 1.54) is 11.1 Å². The molecule has 0 aliphatic carbocycles. The Kier molecular flexibility index (Phi) is 4.45. The fraction of sp³-hybridized carbons (Fsp3) is 0.0909. The zero-order chi connectivity index (χ0) is 17.1. The molecule has 1 unspecified atom stereocenters. The van der Waals surface area contributed by atoms with Crippen LogP contribution in [0, 0.1) is 0 Å². The minimum absolute atomic E-state index is 0.281. The average Bonchev–Trinajstić information content (AvgIpc) is 2.69. The van der Waals surface area contributed by atoms with Crippen LogP contribution in [0.25, 0.3) is 11.1 Å². The van der Waals surface area contributed by atoms with Crippen molar-refractivity contribution in [3.8, 4) is 11.1 Å². The van der Waals surface area contributed by atoms with Crippen molar-refractivity contribution in [2.45, 2.75) is 11.9 Å². The van der Waals surface area contributed by atoms with Gasteiger partial charge in [0.25, 0.3) is 0 Å². The summed E-state index contributed by atoms with van der Waals surface area (Å²) in [7, 11) is 0. The predicted molar refractivity (Wildman–Crippen MR) is 106 cm³/mol. The van der Waals surface area contributed by atoms with Gasteiger partial charge < -0.3 is 0 Å². The molecule has 3 aromatic rings. The Hall–Kier alpha value is -2.71. The number of benzene rings is 3. The Morgan fingerprint density at radius 2 is 1.16 bits per heavy atom. The molecule has 2 nitrogen and oxygen atoms in total. The van der Waals surface area contributed by atoms with Gasteiger partial charge in [-0.25, -0.2) is 9.98 Å². The van der Waals surface area contributed by atoms with Gasteiger partial charge in [0.05, 0.1) is 5.71 Å². The maximum absolute atomic E-state index is 6.36. The fourth-order valence-corrected chi connectivity index (χ4v) is 3.17. The summed E-state index contributed by atoms with van der Waals surface area (Å²) in [5.74, 6) is 0.703. The maximum atomic E-state index is 6.36. The molecule has 1 aliphatic rings. The molecule has 0 amide bonds. The molecule has 122 valence electrons. The number of rotatable bonds is 3. The van der Waals surface area contributed by atoms with Gasteiger partial charge in [0.15, 0.2) is 5.84 Å². The van der Waals surface area contributed by atoms with Crippen molar-refractivity contribution in [1.82, 2.24) is 0 Å². The van der Waals surface area contributed by atoms with Crippen LogP contribution in [0.3, 0.4) is 0 Å². The minimum atomic E-state index is -0.281. The second kappa shape index (κ2) is 7.04. The first kappa shape index (κ1) is 15.8. The SMILES string of the molecule is ClC1CC(c2ccc(-c3ccccc3)cc2)=NC(c2ccccc2)=N1. The van der Waals surface area contributed by atoms with Crippen molar-refractivity contribution in [2.75, 3.05) is 0 Å². The monoisotopic (exact) mass is 344 g/mol. The van der Waals surface area contributed by atoms with Crippen LogP contribution in [0.15, 0.2) is 94.9 Å². The van der Waals surface area contributed by atoms with E-state index in [1.807, 2.05) is 36.4 Å². The Morgan fingerprint density at radius 3 is 1.80 bits per heavy atom. The summed E-state index contributed by atoms with van der Waals surface area (Å²) in [6, 6.07) is 28.8. The van der Waals surface area contributed by atoms with Gasteiger partial charge in [0, 0.05) is 12.0 Å². The van der Waals surface area contributed by atoms with E-state index in [-0.39, 0.29) is 5.50 Å². The number of aliphatic imine (C=N–C) groups is 2. The average molecular weight is 345 g/mol. The normalized spacial score (nSPS) is 16.9. The second-order valence-electron chi connectivity index (χ2n) is 5.96. The minimum Gasteiger partial charge on any atom is -0.246 e. The largest absolute Gasteiger partial charge is 0.246 e. The van der Waals surface area contributed by atoms with Crippen molar-refractivity contribution in [3.05, 3.63) is 96.1 Å². The highest BCUT2D eigenvalue weighted by molar-refractivity contribution is 6.26. The molecule has 1 aliphatic heterocycles. The fourth-order valence-electron chi connectivity index (χ4n) is 2.93. The number of nitrogens with zero attached hydrogens (tertiary/aromatic N) is 2. The Morgan fingerprint density at radius 1 is 0.640 bits per heavy atom. The summed E-state index contributed by atoms with van der Waals surface area (Å²) in [6.07, 6.45) is 0.641. The highest BCUT2D eigenvalue weighted by Crippen LogP contribution is 2.23. The Labute approximate surface area is 152 Å². The molecule has 3 heteroatoms. The van der Waals surface area contributed by atoms with Crippen molar-refractivity contribution < 1.29 is 0 Å². The topological polar surface area (TPSA) is 24.7 Å². The number of hydrogen-bond donors (Lipinski definition) is 0. The van der Waals surface area contributed by atoms with Crippen LogP contribution in [-0.2, 0) is 0 Å². The van der Waals surface area contributed by atoms with Gasteiger partial charge in [0.1, 0.15) is 5.50 Å². The van der Waals surface area contributed by atoms with E-state index in [0.717, 1.165) is 16.8 Å². The number of alkyl halides is 1. The zero-order valence-corrected chi connectivity index (χ0v) is 14.4. The Balaban J connectivity index is 1.65. The molecule has 0 aromatic heterocycles. The van der Waals surface area contributed by atoms with Gasteiger partial charge in [-0.1, -0.05) is 96.5 Å². The molecule has 0 saturated heterocycles. The van der Waals surface area contributed by atoms with Crippen LogP contribution in [0.4, 0.5) is 0 Å². The molecule has 0 radical (unpaired) electrons. The highest BCUT2D eigenvalue weighted by Gasteiger charge is 2.18. The van der Waals surface area contributed by atoms with Gasteiger partial charge in [-0.3, -0.25) is 0 Å². The molecular weight excluding hydrogens is 328 g/mol. The van der Waals surface area contributed by atoms with Crippen LogP contribution < -0.4 is 0 Å². The maximum Gasteiger partial charge on any atom is 0.156 e. The zero-order valence-electron chi connectivity index (χ0n) is 13.6. The lowest BCUT2D eigenvalue weighted by Gasteiger charge is -2.16. The van der Waals surface area contributed by atoms with Gasteiger partial charge in [-0.2, -0.15) is 0 Å². The van der Waals surface area contributed by atoms with E-state index >= 15 is 0 Å². The first-order valence-corrected chi connectivity index (χ1v) is 8.74. The standard InChI is InChI=1S/C22H17ClN2/c23-21-15-20(24-22(25-21)19-9-5-2-6-10-19)18-13-11-17(12-14-18)16-7-3-1-4-8-16/h1-14,21H,15H2. The molecular formula is C22H17ClN2. The third-order valence-electron chi connectivity index (χ3n) is 4.22. The predicted octanol–water partition coefficient (Wildman–Crippen LogP) is 5.56. The van der Waals surface area contributed by atoms with E-state index in [2.05, 4.69) is 53.5 Å². The summed E-state index contributed by atoms with van der Waals surface area (Å²) in [5, 5.41) is 0. The molecule has 0 fully saturated rings. The van der Waals surface area contributed by atoms with Crippen molar-refractivity contribution in [1.29, 1.82) is 0 Å². The van der Waals surface area contributed by atoms with Gasteiger partial charge in [0.2, 0.25) is 0 Å². The summed E-state index contributed by atoms with van der Waals surface area (Å²) < 4.78 is 0. The lowest BCUT2D eigenvalue weighted by atomic mass is 10.0. The quantitative estimate of drug-likeness (QED) is 0.439. The molecule has 1 atom stereocenters. The molecule has 1 heterocycles. The van der Waals surface area contributed by atoms with Crippen molar-refractivity contribution >= 4 is 23.1 Å². The van der Waals surface area contributed by atoms with Crippen molar-refractivity contribution in [2.24, 2.45) is 9.98 Å². The molecule has 0 saturated carbocycles. The van der Waals surface area contributed by atoms with Crippen LogP contribution >= 0.6 is 11.6 Å². The van der Waals surface area contributed by atoms with Gasteiger partial charge >= 0.3 is 0 Å². The molecule has 4 rings (SSSR count). The van der Waals surface area contributed by atoms with E-state index in [4.69, 9.17) is 16.6 Å². The lowest BCUT2D eigenvalue weighted by Crippen LogP contribution is -2.18. The molecule has 25 heavy (non-hydrogen) atoms. The summed E-state index contributed by atoms with van der Waals surface area (Å²) in [4.78, 5) is 9.25. The smallest absolute Gasteiger partial charge is 0.156 e. The molecule has 0 N–H and O–H groups in total. The van der Waals surface area contributed by atoms with Crippen molar-refractivity contribution in [3.63, 3.8) is 0 Å². The van der Waals surface area contributed by atoms with Crippen LogP contribution in [0.5, 0.6) is 0 Å². The number of amidine groups is 1. The van der Waals surface area contributed by atoms with Crippen LogP contribution in [0.2, 0.25) is 0 Å². The first-order chi connectivity index (χ1) is 12.3. The van der Waals surface area contributed by atoms with Gasteiger partial charge in [-0.15, -0.1) is 0 Å². The van der Waals surface area contributed by atoms with E-state index < -0.39 is 0 Å². The third-order valence-corrected chi connectivity index (χ3v) is 4.47. The third kappa shape index (κ3) is 3.54. The summed E-state index contributed by atoms with van der Waals surface area (Å²) in [5.41, 5.74) is 5.19. The van der Waals surface area contributed by atoms with E-state index in [0.29, 0.717) is 12.3 Å². The molecule has 0 bridgehead atoms. The second-order valence-corrected chi connectivity index (χ2v) is 6.46. The highest BCUT2D eigenvalue weighted by atomic mass is 35.5. The van der Waals surface area contributed by atoms with Crippen LogP contribution in [0.1, 0.15) is 17.5 Å². The summed E-state index contributed by atoms with van der Waals surface area (Å²) >= 11 is 6.36. The number of halogens is 1. The lowest BCUT2D eigenvalue weighted by molar-refractivity contribution is 0.931. The molecule has 0 spiro atoms. The van der Waals surface area contributed by atoms with E-state index in [9.17, 15) is 0 Å². The van der Waals surface area contributed by atoms with Crippen LogP contribution in [-0.4, -0.2) is 17.0 Å². The first-order valence-electron chi connectivity index (χ1n) is 8.30. The summed E-state index contributed by atoms with van der Waals surface area (Å²) in [6.45, 7) is 0. The number of hydrogen-bond acceptors (Lipinski definition) is 2. The van der Waals surface area contributed by atoms with Gasteiger partial charge in [-0.05, 0) is 16.7 Å². The molecule has 3 aromatic carbocycles. The Bertz CT molecular complexity index is 913.